The van der Waals surface area contributed by atoms with E-state index < -0.39 is 5.97 Å². The van der Waals surface area contributed by atoms with Crippen molar-refractivity contribution in [1.82, 2.24) is 5.32 Å². The molecule has 0 radical (unpaired) electrons. The second kappa shape index (κ2) is 8.09. The Kier molecular flexibility index (Phi) is 7.41. The Labute approximate surface area is 73.2 Å². The first-order chi connectivity index (χ1) is 5.77. The van der Waals surface area contributed by atoms with E-state index in [2.05, 4.69) is 17.2 Å². The van der Waals surface area contributed by atoms with Crippen LogP contribution in [0, 0.1) is 11.8 Å². The molecule has 0 aromatic heterocycles. The monoisotopic (exact) mass is 169 g/mol. The van der Waals surface area contributed by atoms with Crippen molar-refractivity contribution in [2.24, 2.45) is 0 Å². The first-order valence-electron chi connectivity index (χ1n) is 4.09. The van der Waals surface area contributed by atoms with Gasteiger partial charge >= 0.3 is 5.97 Å². The molecule has 0 aromatic rings. The fourth-order valence-corrected chi connectivity index (χ4v) is 0.766. The van der Waals surface area contributed by atoms with Crippen LogP contribution in [-0.4, -0.2) is 24.2 Å². The number of carboxylic acid groups (broad SMARTS) is 1. The van der Waals surface area contributed by atoms with Gasteiger partial charge in [0, 0.05) is 19.4 Å². The zero-order valence-corrected chi connectivity index (χ0v) is 7.39. The molecule has 0 aliphatic carbocycles. The van der Waals surface area contributed by atoms with Gasteiger partial charge in [0.1, 0.15) is 0 Å². The second-order valence-electron chi connectivity index (χ2n) is 2.42. The lowest BCUT2D eigenvalue weighted by molar-refractivity contribution is -0.137. The van der Waals surface area contributed by atoms with Gasteiger partial charge in [0.2, 0.25) is 0 Å². The van der Waals surface area contributed by atoms with Crippen LogP contribution in [0.2, 0.25) is 0 Å². The largest absolute Gasteiger partial charge is 0.481 e. The molecule has 0 bridgehead atoms. The summed E-state index contributed by atoms with van der Waals surface area (Å²) in [5.74, 6) is 4.98. The van der Waals surface area contributed by atoms with Crippen LogP contribution in [0.4, 0.5) is 0 Å². The molecule has 0 fully saturated rings. The summed E-state index contributed by atoms with van der Waals surface area (Å²) in [4.78, 5) is 10.1. The van der Waals surface area contributed by atoms with E-state index in [4.69, 9.17) is 5.11 Å². The van der Waals surface area contributed by atoms with Crippen LogP contribution in [0.5, 0.6) is 0 Å². The Morgan fingerprint density at radius 1 is 1.50 bits per heavy atom. The van der Waals surface area contributed by atoms with Gasteiger partial charge in [-0.1, -0.05) is 0 Å². The lowest BCUT2D eigenvalue weighted by atomic mass is 10.3. The van der Waals surface area contributed by atoms with Gasteiger partial charge in [-0.2, -0.15) is 0 Å². The molecular formula is C9H15NO2. The predicted molar refractivity (Wildman–Crippen MR) is 47.8 cm³/mol. The molecule has 0 aliphatic rings. The molecule has 2 N–H and O–H groups in total. The van der Waals surface area contributed by atoms with Crippen molar-refractivity contribution >= 4 is 5.97 Å². The summed E-state index contributed by atoms with van der Waals surface area (Å²) in [5.41, 5.74) is 0. The highest BCUT2D eigenvalue weighted by molar-refractivity contribution is 5.66. The van der Waals surface area contributed by atoms with Crippen LogP contribution in [0.15, 0.2) is 0 Å². The van der Waals surface area contributed by atoms with Crippen molar-refractivity contribution in [3.63, 3.8) is 0 Å². The minimum atomic E-state index is -0.731. The first kappa shape index (κ1) is 11.0. The quantitative estimate of drug-likeness (QED) is 0.458. The molecule has 0 heterocycles. The van der Waals surface area contributed by atoms with Crippen molar-refractivity contribution in [1.29, 1.82) is 0 Å². The zero-order valence-electron chi connectivity index (χ0n) is 7.39. The smallest absolute Gasteiger partial charge is 0.303 e. The van der Waals surface area contributed by atoms with E-state index in [0.29, 0.717) is 6.42 Å². The van der Waals surface area contributed by atoms with Gasteiger partial charge < -0.3 is 10.4 Å². The maximum absolute atomic E-state index is 10.1. The van der Waals surface area contributed by atoms with Crippen molar-refractivity contribution in [3.05, 3.63) is 0 Å². The van der Waals surface area contributed by atoms with Crippen molar-refractivity contribution < 1.29 is 9.90 Å². The maximum Gasteiger partial charge on any atom is 0.303 e. The van der Waals surface area contributed by atoms with Crippen molar-refractivity contribution in [2.75, 3.05) is 13.1 Å². The number of nitrogens with one attached hydrogen (secondary N) is 1. The van der Waals surface area contributed by atoms with E-state index in [0.717, 1.165) is 19.5 Å². The van der Waals surface area contributed by atoms with Crippen molar-refractivity contribution in [3.8, 4) is 11.8 Å². The number of carbonyl (C=O) groups is 1. The SMILES string of the molecule is CC#CCCNCCCC(=O)O. The Morgan fingerprint density at radius 3 is 2.83 bits per heavy atom. The molecule has 0 saturated carbocycles. The van der Waals surface area contributed by atoms with E-state index in [1.807, 2.05) is 6.92 Å². The fourth-order valence-electron chi connectivity index (χ4n) is 0.766. The van der Waals surface area contributed by atoms with Crippen LogP contribution < -0.4 is 5.32 Å². The number of rotatable bonds is 6. The van der Waals surface area contributed by atoms with Crippen LogP contribution in [0.3, 0.4) is 0 Å². The fraction of sp³-hybridized carbons (Fsp3) is 0.667. The van der Waals surface area contributed by atoms with Gasteiger partial charge in [0.25, 0.3) is 0 Å². The molecular weight excluding hydrogens is 154 g/mol. The normalized spacial score (nSPS) is 8.75. The molecule has 0 aromatic carbocycles. The van der Waals surface area contributed by atoms with Gasteiger partial charge in [-0.3, -0.25) is 4.79 Å². The lowest BCUT2D eigenvalue weighted by Gasteiger charge is -1.98. The highest BCUT2D eigenvalue weighted by Gasteiger charge is 1.94. The van der Waals surface area contributed by atoms with E-state index in [1.165, 1.54) is 0 Å². The number of hydrogen-bond acceptors (Lipinski definition) is 2. The molecule has 0 atom stereocenters. The minimum Gasteiger partial charge on any atom is -0.481 e. The maximum atomic E-state index is 10.1. The van der Waals surface area contributed by atoms with Crippen molar-refractivity contribution in [2.45, 2.75) is 26.2 Å². The van der Waals surface area contributed by atoms with Gasteiger partial charge in [-0.15, -0.1) is 11.8 Å². The molecule has 0 rings (SSSR count). The van der Waals surface area contributed by atoms with Gasteiger partial charge in [-0.05, 0) is 19.9 Å². The second-order valence-corrected chi connectivity index (χ2v) is 2.42. The third kappa shape index (κ3) is 8.99. The average Bonchev–Trinajstić information content (AvgIpc) is 2.02. The number of carboxylic acids is 1. The van der Waals surface area contributed by atoms with Gasteiger partial charge in [-0.25, -0.2) is 0 Å². The summed E-state index contributed by atoms with van der Waals surface area (Å²) < 4.78 is 0. The third-order valence-electron chi connectivity index (χ3n) is 1.35. The van der Waals surface area contributed by atoms with Gasteiger partial charge in [0.15, 0.2) is 0 Å². The molecule has 68 valence electrons. The molecule has 0 amide bonds. The van der Waals surface area contributed by atoms with E-state index in [1.54, 1.807) is 0 Å². The Hall–Kier alpha value is -1.01. The summed E-state index contributed by atoms with van der Waals surface area (Å²) in [7, 11) is 0. The highest BCUT2D eigenvalue weighted by Crippen LogP contribution is 1.85. The highest BCUT2D eigenvalue weighted by atomic mass is 16.4. The van der Waals surface area contributed by atoms with Crippen LogP contribution in [0.25, 0.3) is 0 Å². The summed E-state index contributed by atoms with van der Waals surface area (Å²) >= 11 is 0. The number of hydrogen-bond donors (Lipinski definition) is 2. The van der Waals surface area contributed by atoms with Crippen LogP contribution >= 0.6 is 0 Å². The zero-order chi connectivity index (χ0) is 9.23. The summed E-state index contributed by atoms with van der Waals surface area (Å²) in [6.07, 6.45) is 1.77. The van der Waals surface area contributed by atoms with Gasteiger partial charge in [0.05, 0.1) is 0 Å². The minimum absolute atomic E-state index is 0.243. The Morgan fingerprint density at radius 2 is 2.25 bits per heavy atom. The summed E-state index contributed by atoms with van der Waals surface area (Å²) in [6.45, 7) is 3.42. The lowest BCUT2D eigenvalue weighted by Crippen LogP contribution is -2.17. The summed E-state index contributed by atoms with van der Waals surface area (Å²) in [6, 6.07) is 0. The van der Waals surface area contributed by atoms with E-state index in [-0.39, 0.29) is 6.42 Å². The van der Waals surface area contributed by atoms with Crippen LogP contribution in [-0.2, 0) is 4.79 Å². The van der Waals surface area contributed by atoms with E-state index in [9.17, 15) is 4.79 Å². The number of aliphatic carboxylic acids is 1. The molecule has 0 saturated heterocycles. The molecule has 0 spiro atoms. The summed E-state index contributed by atoms with van der Waals surface area (Å²) in [5, 5.41) is 11.4. The Bertz CT molecular complexity index is 179. The molecule has 3 heteroatoms. The molecule has 0 aliphatic heterocycles. The van der Waals surface area contributed by atoms with E-state index >= 15 is 0 Å². The Balaban J connectivity index is 2.99. The third-order valence-corrected chi connectivity index (χ3v) is 1.35. The topological polar surface area (TPSA) is 49.3 Å². The molecule has 0 unspecified atom stereocenters. The average molecular weight is 169 g/mol. The first-order valence-corrected chi connectivity index (χ1v) is 4.09. The predicted octanol–water partition coefficient (Wildman–Crippen LogP) is 0.854. The van der Waals surface area contributed by atoms with Crippen LogP contribution in [0.1, 0.15) is 26.2 Å². The standard InChI is InChI=1S/C9H15NO2/c1-2-3-4-7-10-8-5-6-9(11)12/h10H,4-8H2,1H3,(H,11,12). The molecule has 12 heavy (non-hydrogen) atoms. The molecule has 3 nitrogen and oxygen atoms in total.